The van der Waals surface area contributed by atoms with Crippen LogP contribution in [0.4, 0.5) is 5.69 Å². The van der Waals surface area contributed by atoms with Crippen LogP contribution in [0.15, 0.2) is 79.0 Å². The van der Waals surface area contributed by atoms with E-state index in [2.05, 4.69) is 84.2 Å². The maximum absolute atomic E-state index is 13.6. The first-order chi connectivity index (χ1) is 17.0. The van der Waals surface area contributed by atoms with Crippen LogP contribution in [0.2, 0.25) is 0 Å². The molecule has 1 atom stereocenters. The van der Waals surface area contributed by atoms with E-state index in [1.54, 1.807) is 7.11 Å². The molecule has 180 valence electrons. The Morgan fingerprint density at radius 3 is 2.34 bits per heavy atom. The number of nitrogens with zero attached hydrogens (tertiary/aromatic N) is 3. The summed E-state index contributed by atoms with van der Waals surface area (Å²) in [5.41, 5.74) is 5.91. The molecule has 0 aliphatic carbocycles. The average molecular weight is 468 g/mol. The van der Waals surface area contributed by atoms with Crippen LogP contribution in [-0.2, 0) is 11.8 Å². The first-order valence-corrected chi connectivity index (χ1v) is 12.3. The van der Waals surface area contributed by atoms with Gasteiger partial charge >= 0.3 is 0 Å². The lowest BCUT2D eigenvalue weighted by atomic mass is 9.87. The molecule has 35 heavy (non-hydrogen) atoms. The number of rotatable bonds is 6. The molecule has 3 aromatic carbocycles. The molecule has 1 fully saturated rings. The van der Waals surface area contributed by atoms with Crippen LogP contribution >= 0.6 is 0 Å². The predicted molar refractivity (Wildman–Crippen MR) is 142 cm³/mol. The Bertz CT molecular complexity index is 1320. The molecule has 1 aliphatic rings. The van der Waals surface area contributed by atoms with Gasteiger partial charge in [0.1, 0.15) is 5.75 Å². The molecule has 5 heteroatoms. The molecule has 0 bridgehead atoms. The van der Waals surface area contributed by atoms with Gasteiger partial charge in [0, 0.05) is 62.7 Å². The summed E-state index contributed by atoms with van der Waals surface area (Å²) >= 11 is 0. The smallest absolute Gasteiger partial charge is 0.223 e. The SMILES string of the molecule is COc1ccccc1N1CCN(C(=O)C[C@@H](c2ccc(C)cc2)c2cn(C)c3ccccc23)CC1. The monoisotopic (exact) mass is 467 g/mol. The first-order valence-electron chi connectivity index (χ1n) is 12.3. The lowest BCUT2D eigenvalue weighted by Crippen LogP contribution is -2.49. The summed E-state index contributed by atoms with van der Waals surface area (Å²) in [6.45, 7) is 5.13. The summed E-state index contributed by atoms with van der Waals surface area (Å²) in [6.07, 6.45) is 2.66. The van der Waals surface area contributed by atoms with Crippen molar-refractivity contribution in [3.63, 3.8) is 0 Å². The van der Waals surface area contributed by atoms with Gasteiger partial charge in [0.2, 0.25) is 5.91 Å². The Balaban J connectivity index is 1.37. The van der Waals surface area contributed by atoms with Crippen molar-refractivity contribution in [2.75, 3.05) is 38.2 Å². The van der Waals surface area contributed by atoms with Gasteiger partial charge in [-0.1, -0.05) is 60.2 Å². The lowest BCUT2D eigenvalue weighted by molar-refractivity contribution is -0.131. The fraction of sp³-hybridized carbons (Fsp3) is 0.300. The van der Waals surface area contributed by atoms with Crippen LogP contribution in [0.25, 0.3) is 10.9 Å². The van der Waals surface area contributed by atoms with E-state index >= 15 is 0 Å². The van der Waals surface area contributed by atoms with Crippen molar-refractivity contribution in [3.05, 3.63) is 95.7 Å². The van der Waals surface area contributed by atoms with E-state index in [4.69, 9.17) is 4.74 Å². The average Bonchev–Trinajstić information content (AvgIpc) is 3.24. The van der Waals surface area contributed by atoms with Crippen LogP contribution in [0.1, 0.15) is 29.0 Å². The number of fused-ring (bicyclic) bond motifs is 1. The first kappa shape index (κ1) is 23.0. The number of hydrogen-bond acceptors (Lipinski definition) is 3. The molecule has 1 aliphatic heterocycles. The number of methoxy groups -OCH3 is 1. The molecule has 0 saturated carbocycles. The quantitative estimate of drug-likeness (QED) is 0.383. The van der Waals surface area contributed by atoms with Crippen molar-refractivity contribution < 1.29 is 9.53 Å². The fourth-order valence-electron chi connectivity index (χ4n) is 5.25. The molecule has 5 rings (SSSR count). The number of benzene rings is 3. The van der Waals surface area contributed by atoms with E-state index in [1.807, 2.05) is 23.1 Å². The highest BCUT2D eigenvalue weighted by atomic mass is 16.5. The van der Waals surface area contributed by atoms with Crippen LogP contribution in [0.5, 0.6) is 5.75 Å². The highest BCUT2D eigenvalue weighted by Gasteiger charge is 2.27. The fourth-order valence-corrected chi connectivity index (χ4v) is 5.25. The van der Waals surface area contributed by atoms with Gasteiger partial charge in [0.25, 0.3) is 0 Å². The molecule has 1 saturated heterocycles. The summed E-state index contributed by atoms with van der Waals surface area (Å²) in [5.74, 6) is 1.10. The standard InChI is InChI=1S/C30H33N3O2/c1-22-12-14-23(15-13-22)25(26-21-31(2)27-9-5-4-8-24(26)27)20-30(34)33-18-16-32(17-19-33)28-10-6-7-11-29(28)35-3/h4-15,21,25H,16-20H2,1-3H3/t25-/m0/s1. The van der Waals surface area contributed by atoms with E-state index in [1.165, 1.54) is 27.6 Å². The number of aryl methyl sites for hydroxylation is 2. The number of aromatic nitrogens is 1. The number of carbonyl (C=O) groups excluding carboxylic acids is 1. The van der Waals surface area contributed by atoms with Gasteiger partial charge < -0.3 is 19.1 Å². The summed E-state index contributed by atoms with van der Waals surface area (Å²) in [7, 11) is 3.79. The zero-order chi connectivity index (χ0) is 24.4. The number of hydrogen-bond donors (Lipinski definition) is 0. The van der Waals surface area contributed by atoms with Crippen LogP contribution in [-0.4, -0.2) is 48.7 Å². The summed E-state index contributed by atoms with van der Waals surface area (Å²) in [4.78, 5) is 17.9. The summed E-state index contributed by atoms with van der Waals surface area (Å²) in [6, 6.07) is 25.2. The van der Waals surface area contributed by atoms with E-state index in [9.17, 15) is 4.79 Å². The van der Waals surface area contributed by atoms with Gasteiger partial charge in [-0.05, 0) is 36.2 Å². The topological polar surface area (TPSA) is 37.7 Å². The van der Waals surface area contributed by atoms with Crippen LogP contribution in [0, 0.1) is 6.92 Å². The van der Waals surface area contributed by atoms with Crippen molar-refractivity contribution in [1.82, 2.24) is 9.47 Å². The maximum Gasteiger partial charge on any atom is 0.223 e. The highest BCUT2D eigenvalue weighted by Crippen LogP contribution is 2.35. The molecular weight excluding hydrogens is 434 g/mol. The molecule has 0 N–H and O–H groups in total. The van der Waals surface area contributed by atoms with Gasteiger partial charge in [-0.25, -0.2) is 0 Å². The minimum absolute atomic E-state index is 0.0152. The largest absolute Gasteiger partial charge is 0.495 e. The molecule has 4 aromatic rings. The Morgan fingerprint density at radius 2 is 1.60 bits per heavy atom. The highest BCUT2D eigenvalue weighted by molar-refractivity contribution is 5.86. The van der Waals surface area contributed by atoms with Crippen LogP contribution in [0.3, 0.4) is 0 Å². The Labute approximate surface area is 207 Å². The molecule has 0 radical (unpaired) electrons. The van der Waals surface area contributed by atoms with E-state index in [-0.39, 0.29) is 11.8 Å². The van der Waals surface area contributed by atoms with Crippen molar-refractivity contribution in [2.45, 2.75) is 19.3 Å². The zero-order valence-corrected chi connectivity index (χ0v) is 20.8. The summed E-state index contributed by atoms with van der Waals surface area (Å²) < 4.78 is 7.71. The number of piperazine rings is 1. The Hall–Kier alpha value is -3.73. The third-order valence-electron chi connectivity index (χ3n) is 7.22. The van der Waals surface area contributed by atoms with Gasteiger partial charge in [-0.15, -0.1) is 0 Å². The van der Waals surface area contributed by atoms with Crippen LogP contribution < -0.4 is 9.64 Å². The van der Waals surface area contributed by atoms with Crippen molar-refractivity contribution >= 4 is 22.5 Å². The number of carbonyl (C=O) groups is 1. The number of amides is 1. The van der Waals surface area contributed by atoms with E-state index in [0.29, 0.717) is 19.5 Å². The number of ether oxygens (including phenoxy) is 1. The number of para-hydroxylation sites is 3. The second-order valence-corrected chi connectivity index (χ2v) is 9.42. The lowest BCUT2D eigenvalue weighted by Gasteiger charge is -2.37. The Morgan fingerprint density at radius 1 is 0.914 bits per heavy atom. The maximum atomic E-state index is 13.6. The minimum Gasteiger partial charge on any atom is -0.495 e. The van der Waals surface area contributed by atoms with Gasteiger partial charge in [0.15, 0.2) is 0 Å². The van der Waals surface area contributed by atoms with Gasteiger partial charge in [-0.3, -0.25) is 4.79 Å². The molecule has 1 aromatic heterocycles. The van der Waals surface area contributed by atoms with Crippen molar-refractivity contribution in [1.29, 1.82) is 0 Å². The molecule has 5 nitrogen and oxygen atoms in total. The third-order valence-corrected chi connectivity index (χ3v) is 7.22. The second-order valence-electron chi connectivity index (χ2n) is 9.42. The molecule has 0 unspecified atom stereocenters. The number of anilines is 1. The van der Waals surface area contributed by atoms with Crippen molar-refractivity contribution in [3.8, 4) is 5.75 Å². The second kappa shape index (κ2) is 9.87. The van der Waals surface area contributed by atoms with Gasteiger partial charge in [-0.2, -0.15) is 0 Å². The Kier molecular flexibility index (Phi) is 6.49. The summed E-state index contributed by atoms with van der Waals surface area (Å²) in [5, 5.41) is 1.22. The normalized spacial score (nSPS) is 14.8. The predicted octanol–water partition coefficient (Wildman–Crippen LogP) is 5.37. The minimum atomic E-state index is 0.0152. The third kappa shape index (κ3) is 4.63. The molecular formula is C30H33N3O2. The molecule has 2 heterocycles. The zero-order valence-electron chi connectivity index (χ0n) is 20.8. The van der Waals surface area contributed by atoms with E-state index in [0.717, 1.165) is 24.5 Å². The molecule has 1 amide bonds. The van der Waals surface area contributed by atoms with E-state index < -0.39 is 0 Å². The van der Waals surface area contributed by atoms with Gasteiger partial charge in [0.05, 0.1) is 12.8 Å². The van der Waals surface area contributed by atoms with Crippen molar-refractivity contribution in [2.24, 2.45) is 7.05 Å². The molecule has 0 spiro atoms.